The van der Waals surface area contributed by atoms with Gasteiger partial charge in [0.25, 0.3) is 0 Å². The summed E-state index contributed by atoms with van der Waals surface area (Å²) in [5.41, 5.74) is 0.298. The van der Waals surface area contributed by atoms with Crippen LogP contribution < -0.4 is 0 Å². The Morgan fingerprint density at radius 1 is 1.32 bits per heavy atom. The van der Waals surface area contributed by atoms with Crippen molar-refractivity contribution in [1.82, 2.24) is 4.90 Å². The standard InChI is InChI=1S/C14H27NO3S/c1-14(2)6-4-13(16)11(8-14)9-15(3)12-5-7-19(17,18)10-12/h11-13,16H,4-10H2,1-3H3. The van der Waals surface area contributed by atoms with E-state index in [0.29, 0.717) is 11.2 Å². The normalized spacial score (nSPS) is 37.6. The van der Waals surface area contributed by atoms with Gasteiger partial charge >= 0.3 is 0 Å². The minimum Gasteiger partial charge on any atom is -0.393 e. The van der Waals surface area contributed by atoms with E-state index in [2.05, 4.69) is 18.7 Å². The Morgan fingerprint density at radius 2 is 2.00 bits per heavy atom. The van der Waals surface area contributed by atoms with Crippen molar-refractivity contribution < 1.29 is 13.5 Å². The summed E-state index contributed by atoms with van der Waals surface area (Å²) >= 11 is 0. The lowest BCUT2D eigenvalue weighted by Gasteiger charge is -2.41. The number of hydrogen-bond donors (Lipinski definition) is 1. The second kappa shape index (κ2) is 5.34. The third kappa shape index (κ3) is 3.92. The molecule has 1 heterocycles. The van der Waals surface area contributed by atoms with Gasteiger partial charge in [-0.15, -0.1) is 0 Å². The van der Waals surface area contributed by atoms with Gasteiger partial charge in [-0.3, -0.25) is 0 Å². The first kappa shape index (κ1) is 15.3. The molecular weight excluding hydrogens is 262 g/mol. The molecule has 0 aromatic carbocycles. The Bertz CT molecular complexity index is 418. The van der Waals surface area contributed by atoms with E-state index < -0.39 is 9.84 Å². The summed E-state index contributed by atoms with van der Waals surface area (Å²) in [6, 6.07) is 0.141. The van der Waals surface area contributed by atoms with Crippen LogP contribution in [0.1, 0.15) is 39.5 Å². The van der Waals surface area contributed by atoms with Gasteiger partial charge in [-0.25, -0.2) is 8.42 Å². The average molecular weight is 289 g/mol. The van der Waals surface area contributed by atoms with Crippen molar-refractivity contribution in [2.45, 2.75) is 51.7 Å². The first-order valence-electron chi connectivity index (χ1n) is 7.27. The Morgan fingerprint density at radius 3 is 2.58 bits per heavy atom. The molecule has 0 aromatic heterocycles. The molecule has 2 fully saturated rings. The van der Waals surface area contributed by atoms with Crippen LogP contribution in [0.4, 0.5) is 0 Å². The zero-order valence-electron chi connectivity index (χ0n) is 12.3. The van der Waals surface area contributed by atoms with Crippen molar-refractivity contribution in [2.24, 2.45) is 11.3 Å². The van der Waals surface area contributed by atoms with Crippen molar-refractivity contribution in [3.8, 4) is 0 Å². The highest BCUT2D eigenvalue weighted by Gasteiger charge is 2.37. The number of aliphatic hydroxyl groups excluding tert-OH is 1. The summed E-state index contributed by atoms with van der Waals surface area (Å²) in [6.07, 6.45) is 3.48. The molecule has 0 bridgehead atoms. The van der Waals surface area contributed by atoms with Crippen LogP contribution in [-0.2, 0) is 9.84 Å². The molecule has 3 atom stereocenters. The van der Waals surface area contributed by atoms with E-state index in [9.17, 15) is 13.5 Å². The molecule has 5 heteroatoms. The monoisotopic (exact) mass is 289 g/mol. The molecule has 1 saturated heterocycles. The average Bonchev–Trinajstić information content (AvgIpc) is 2.64. The summed E-state index contributed by atoms with van der Waals surface area (Å²) in [4.78, 5) is 2.15. The first-order chi connectivity index (χ1) is 8.69. The summed E-state index contributed by atoms with van der Waals surface area (Å²) in [5.74, 6) is 0.883. The van der Waals surface area contributed by atoms with E-state index >= 15 is 0 Å². The number of hydrogen-bond acceptors (Lipinski definition) is 4. The molecule has 19 heavy (non-hydrogen) atoms. The maximum Gasteiger partial charge on any atom is 0.151 e. The largest absolute Gasteiger partial charge is 0.393 e. The molecule has 0 aromatic rings. The van der Waals surface area contributed by atoms with Crippen molar-refractivity contribution in [3.63, 3.8) is 0 Å². The summed E-state index contributed by atoms with van der Waals surface area (Å²) in [7, 11) is -0.822. The molecule has 1 aliphatic heterocycles. The second-order valence-electron chi connectivity index (χ2n) is 7.23. The highest BCUT2D eigenvalue weighted by Crippen LogP contribution is 2.39. The van der Waals surface area contributed by atoms with Crippen molar-refractivity contribution in [3.05, 3.63) is 0 Å². The maximum atomic E-state index is 11.5. The third-order valence-electron chi connectivity index (χ3n) is 4.83. The molecule has 0 radical (unpaired) electrons. The Kier molecular flexibility index (Phi) is 4.29. The molecule has 2 rings (SSSR count). The van der Waals surface area contributed by atoms with Gasteiger partial charge in [-0.2, -0.15) is 0 Å². The van der Waals surface area contributed by atoms with Crippen molar-refractivity contribution in [2.75, 3.05) is 25.1 Å². The van der Waals surface area contributed by atoms with Crippen molar-refractivity contribution in [1.29, 1.82) is 0 Å². The van der Waals surface area contributed by atoms with Crippen molar-refractivity contribution >= 4 is 9.84 Å². The smallest absolute Gasteiger partial charge is 0.151 e. The number of sulfone groups is 1. The van der Waals surface area contributed by atoms with E-state index in [0.717, 1.165) is 32.2 Å². The molecule has 1 N–H and O–H groups in total. The fourth-order valence-corrected chi connectivity index (χ4v) is 5.36. The molecule has 4 nitrogen and oxygen atoms in total. The fraction of sp³-hybridized carbons (Fsp3) is 1.00. The predicted molar refractivity (Wildman–Crippen MR) is 76.8 cm³/mol. The Labute approximate surface area is 117 Å². The highest BCUT2D eigenvalue weighted by atomic mass is 32.2. The van der Waals surface area contributed by atoms with Gasteiger partial charge in [-0.1, -0.05) is 13.8 Å². The number of rotatable bonds is 3. The van der Waals surface area contributed by atoms with E-state index in [4.69, 9.17) is 0 Å². The quantitative estimate of drug-likeness (QED) is 0.850. The lowest BCUT2D eigenvalue weighted by molar-refractivity contribution is 0.00349. The van der Waals surface area contributed by atoms with Crippen LogP contribution in [0, 0.1) is 11.3 Å². The van der Waals surface area contributed by atoms with E-state index in [-0.39, 0.29) is 23.8 Å². The lowest BCUT2D eigenvalue weighted by atomic mass is 9.70. The zero-order valence-corrected chi connectivity index (χ0v) is 13.1. The minimum atomic E-state index is -2.82. The highest BCUT2D eigenvalue weighted by molar-refractivity contribution is 7.91. The molecular formula is C14H27NO3S. The van der Waals surface area contributed by atoms with Gasteiger partial charge in [0, 0.05) is 12.6 Å². The second-order valence-corrected chi connectivity index (χ2v) is 9.46. The van der Waals surface area contributed by atoms with Gasteiger partial charge in [-0.05, 0) is 44.1 Å². The molecule has 0 amide bonds. The van der Waals surface area contributed by atoms with Gasteiger partial charge in [0.15, 0.2) is 9.84 Å². The van der Waals surface area contributed by atoms with E-state index in [1.165, 1.54) is 0 Å². The van der Waals surface area contributed by atoms with Gasteiger partial charge in [0.2, 0.25) is 0 Å². The minimum absolute atomic E-state index is 0.141. The SMILES string of the molecule is CN(CC1CC(C)(C)CCC1O)C1CCS(=O)(=O)C1. The third-order valence-corrected chi connectivity index (χ3v) is 6.58. The zero-order chi connectivity index (χ0) is 14.3. The van der Waals surface area contributed by atoms with E-state index in [1.54, 1.807) is 0 Å². The summed E-state index contributed by atoms with van der Waals surface area (Å²) in [5, 5.41) is 10.2. The lowest BCUT2D eigenvalue weighted by Crippen LogP contribution is -2.43. The fourth-order valence-electron chi connectivity index (χ4n) is 3.55. The van der Waals surface area contributed by atoms with Gasteiger partial charge in [0.1, 0.15) is 0 Å². The number of nitrogens with zero attached hydrogens (tertiary/aromatic N) is 1. The van der Waals surface area contributed by atoms with Gasteiger partial charge in [0.05, 0.1) is 17.6 Å². The summed E-state index contributed by atoms with van der Waals surface area (Å²) < 4.78 is 23.1. The Balaban J connectivity index is 1.93. The molecule has 2 aliphatic rings. The van der Waals surface area contributed by atoms with Crippen LogP contribution in [0.5, 0.6) is 0 Å². The molecule has 0 spiro atoms. The topological polar surface area (TPSA) is 57.6 Å². The molecule has 1 aliphatic carbocycles. The van der Waals surface area contributed by atoms with E-state index in [1.807, 2.05) is 7.05 Å². The number of aliphatic hydroxyl groups is 1. The maximum absolute atomic E-state index is 11.5. The summed E-state index contributed by atoms with van der Waals surface area (Å²) in [6.45, 7) is 5.32. The first-order valence-corrected chi connectivity index (χ1v) is 9.09. The van der Waals surface area contributed by atoms with Crippen LogP contribution in [0.3, 0.4) is 0 Å². The van der Waals surface area contributed by atoms with Crippen LogP contribution in [0.15, 0.2) is 0 Å². The van der Waals surface area contributed by atoms with Crippen LogP contribution >= 0.6 is 0 Å². The molecule has 3 unspecified atom stereocenters. The van der Waals surface area contributed by atoms with Crippen LogP contribution in [0.2, 0.25) is 0 Å². The Hall–Kier alpha value is -0.130. The molecule has 112 valence electrons. The van der Waals surface area contributed by atoms with Gasteiger partial charge < -0.3 is 10.0 Å². The molecule has 1 saturated carbocycles. The predicted octanol–water partition coefficient (Wildman–Crippen LogP) is 1.29. The van der Waals surface area contributed by atoms with Crippen LogP contribution in [0.25, 0.3) is 0 Å². The van der Waals surface area contributed by atoms with Crippen LogP contribution in [-0.4, -0.2) is 55.7 Å².